The summed E-state index contributed by atoms with van der Waals surface area (Å²) >= 11 is 1.75. The van der Waals surface area contributed by atoms with Gasteiger partial charge in [0.15, 0.2) is 0 Å². The van der Waals surface area contributed by atoms with Gasteiger partial charge >= 0.3 is 0 Å². The first kappa shape index (κ1) is 14.7. The molecule has 5 heteroatoms. The highest BCUT2D eigenvalue weighted by molar-refractivity contribution is 7.12. The van der Waals surface area contributed by atoms with Gasteiger partial charge in [-0.1, -0.05) is 30.3 Å². The van der Waals surface area contributed by atoms with E-state index in [0.717, 1.165) is 29.2 Å². The number of anilines is 1. The molecule has 0 spiro atoms. The van der Waals surface area contributed by atoms with Gasteiger partial charge in [-0.3, -0.25) is 0 Å². The lowest BCUT2D eigenvalue weighted by Crippen LogP contribution is -2.07. The van der Waals surface area contributed by atoms with Gasteiger partial charge in [0.05, 0.1) is 10.7 Å². The molecule has 1 N–H and O–H groups in total. The molecule has 2 aromatic heterocycles. The van der Waals surface area contributed by atoms with Gasteiger partial charge < -0.3 is 5.32 Å². The minimum Gasteiger partial charge on any atom is -0.354 e. The zero-order valence-electron chi connectivity index (χ0n) is 12.7. The first-order valence-corrected chi connectivity index (χ1v) is 8.08. The Morgan fingerprint density at radius 1 is 1.05 bits per heavy atom. The lowest BCUT2D eigenvalue weighted by Gasteiger charge is -2.02. The maximum Gasteiger partial charge on any atom is 0.222 e. The number of nitrogens with one attached hydrogen (secondary N) is 1. The minimum absolute atomic E-state index is 0.669. The lowest BCUT2D eigenvalue weighted by molar-refractivity contribution is 0.967. The molecule has 1 aromatic carbocycles. The Hall–Kier alpha value is -2.27. The summed E-state index contributed by atoms with van der Waals surface area (Å²) in [5, 5.41) is 4.37. The Morgan fingerprint density at radius 2 is 1.77 bits per heavy atom. The molecule has 0 aliphatic rings. The fraction of sp³-hybridized carbons (Fsp3) is 0.235. The molecular weight excluding hydrogens is 292 g/mol. The van der Waals surface area contributed by atoms with E-state index in [1.165, 1.54) is 10.4 Å². The molecule has 0 atom stereocenters. The van der Waals surface area contributed by atoms with Crippen molar-refractivity contribution in [1.82, 2.24) is 15.0 Å². The third-order valence-corrected chi connectivity index (χ3v) is 4.32. The molecule has 4 nitrogen and oxygen atoms in total. The molecule has 22 heavy (non-hydrogen) atoms. The lowest BCUT2D eigenvalue weighted by atomic mass is 10.1. The molecule has 0 saturated heterocycles. The van der Waals surface area contributed by atoms with Crippen molar-refractivity contribution in [1.29, 1.82) is 0 Å². The van der Waals surface area contributed by atoms with E-state index < -0.39 is 0 Å². The molecule has 3 aromatic rings. The molecular formula is C17H18N4S. The summed E-state index contributed by atoms with van der Waals surface area (Å²) in [5.41, 5.74) is 3.33. The van der Waals surface area contributed by atoms with Gasteiger partial charge in [-0.05, 0) is 19.4 Å². The number of aryl methyl sites for hydroxylation is 2. The first-order valence-electron chi connectivity index (χ1n) is 7.26. The van der Waals surface area contributed by atoms with Crippen LogP contribution in [-0.2, 0) is 6.42 Å². The summed E-state index contributed by atoms with van der Waals surface area (Å²) in [7, 11) is 0. The van der Waals surface area contributed by atoms with Gasteiger partial charge in [-0.2, -0.15) is 0 Å². The molecule has 0 bridgehead atoms. The summed E-state index contributed by atoms with van der Waals surface area (Å²) in [5.74, 6) is 0.669. The van der Waals surface area contributed by atoms with E-state index in [9.17, 15) is 0 Å². The van der Waals surface area contributed by atoms with Crippen LogP contribution in [-0.4, -0.2) is 21.5 Å². The number of nitrogens with zero attached hydrogens (tertiary/aromatic N) is 3. The van der Waals surface area contributed by atoms with Crippen LogP contribution in [0.5, 0.6) is 0 Å². The van der Waals surface area contributed by atoms with Crippen LogP contribution in [0.15, 0.2) is 42.7 Å². The molecule has 0 amide bonds. The van der Waals surface area contributed by atoms with Crippen LogP contribution < -0.4 is 5.32 Å². The Kier molecular flexibility index (Phi) is 4.44. The van der Waals surface area contributed by atoms with E-state index in [1.807, 2.05) is 37.5 Å². The summed E-state index contributed by atoms with van der Waals surface area (Å²) in [4.78, 5) is 14.5. The Bertz CT molecular complexity index is 735. The fourth-order valence-corrected chi connectivity index (χ4v) is 3.14. The second-order valence-electron chi connectivity index (χ2n) is 5.14. The minimum atomic E-state index is 0.669. The van der Waals surface area contributed by atoms with Crippen LogP contribution in [0.2, 0.25) is 0 Å². The zero-order valence-corrected chi connectivity index (χ0v) is 13.5. The van der Waals surface area contributed by atoms with Crippen molar-refractivity contribution < 1.29 is 0 Å². The van der Waals surface area contributed by atoms with E-state index in [2.05, 4.69) is 34.3 Å². The van der Waals surface area contributed by atoms with E-state index in [1.54, 1.807) is 11.3 Å². The molecule has 0 aliphatic carbocycles. The Balaban J connectivity index is 1.63. The molecule has 0 fully saturated rings. The van der Waals surface area contributed by atoms with Crippen molar-refractivity contribution >= 4 is 17.3 Å². The van der Waals surface area contributed by atoms with E-state index in [-0.39, 0.29) is 0 Å². The third kappa shape index (κ3) is 3.49. The molecule has 0 radical (unpaired) electrons. The maximum atomic E-state index is 4.76. The van der Waals surface area contributed by atoms with Gasteiger partial charge in [0.2, 0.25) is 5.95 Å². The topological polar surface area (TPSA) is 50.7 Å². The molecule has 2 heterocycles. The third-order valence-electron chi connectivity index (χ3n) is 3.29. The van der Waals surface area contributed by atoms with E-state index in [0.29, 0.717) is 5.95 Å². The average molecular weight is 310 g/mol. The fourth-order valence-electron chi connectivity index (χ4n) is 2.19. The predicted octanol–water partition coefficient (Wildman–Crippen LogP) is 3.87. The van der Waals surface area contributed by atoms with E-state index >= 15 is 0 Å². The van der Waals surface area contributed by atoms with Gasteiger partial charge in [-0.15, -0.1) is 11.3 Å². The van der Waals surface area contributed by atoms with Crippen LogP contribution in [0.1, 0.15) is 15.4 Å². The summed E-state index contributed by atoms with van der Waals surface area (Å²) in [6, 6.07) is 10.3. The summed E-state index contributed by atoms with van der Waals surface area (Å²) < 4.78 is 0. The second kappa shape index (κ2) is 6.66. The van der Waals surface area contributed by atoms with Crippen molar-refractivity contribution in [2.45, 2.75) is 20.3 Å². The molecule has 0 saturated carbocycles. The number of hydrogen-bond acceptors (Lipinski definition) is 5. The number of thiazole rings is 1. The van der Waals surface area contributed by atoms with Crippen LogP contribution >= 0.6 is 11.3 Å². The van der Waals surface area contributed by atoms with E-state index in [4.69, 9.17) is 4.98 Å². The van der Waals surface area contributed by atoms with Crippen molar-refractivity contribution in [2.75, 3.05) is 11.9 Å². The van der Waals surface area contributed by atoms with Crippen LogP contribution in [0.3, 0.4) is 0 Å². The largest absolute Gasteiger partial charge is 0.354 e. The highest BCUT2D eigenvalue weighted by Crippen LogP contribution is 2.27. The quantitative estimate of drug-likeness (QED) is 0.777. The maximum absolute atomic E-state index is 4.76. The smallest absolute Gasteiger partial charge is 0.222 e. The normalized spacial score (nSPS) is 10.6. The van der Waals surface area contributed by atoms with Crippen molar-refractivity contribution in [2.24, 2.45) is 0 Å². The number of aromatic nitrogens is 3. The predicted molar refractivity (Wildman–Crippen MR) is 91.2 cm³/mol. The van der Waals surface area contributed by atoms with Crippen molar-refractivity contribution in [3.8, 4) is 11.3 Å². The van der Waals surface area contributed by atoms with Gasteiger partial charge in [0.25, 0.3) is 0 Å². The monoisotopic (exact) mass is 310 g/mol. The molecule has 3 rings (SSSR count). The molecule has 112 valence electrons. The van der Waals surface area contributed by atoms with Crippen LogP contribution in [0.25, 0.3) is 11.3 Å². The van der Waals surface area contributed by atoms with Gasteiger partial charge in [0.1, 0.15) is 0 Å². The molecule has 0 aliphatic heterocycles. The summed E-state index contributed by atoms with van der Waals surface area (Å²) in [6.07, 6.45) is 4.50. The average Bonchev–Trinajstić information content (AvgIpc) is 2.91. The standard InChI is InChI=1S/C17H18N4S/c1-12-10-19-17(20-11-12)18-9-8-15-21-16(13(2)22-15)14-6-4-3-5-7-14/h3-7,10-11H,8-9H2,1-2H3,(H,18,19,20). The number of benzene rings is 1. The highest BCUT2D eigenvalue weighted by Gasteiger charge is 2.09. The highest BCUT2D eigenvalue weighted by atomic mass is 32.1. The molecule has 0 unspecified atom stereocenters. The van der Waals surface area contributed by atoms with Crippen molar-refractivity contribution in [3.05, 3.63) is 58.2 Å². The number of rotatable bonds is 5. The van der Waals surface area contributed by atoms with Crippen LogP contribution in [0, 0.1) is 13.8 Å². The van der Waals surface area contributed by atoms with Gasteiger partial charge in [-0.25, -0.2) is 15.0 Å². The first-order chi connectivity index (χ1) is 10.7. The van der Waals surface area contributed by atoms with Crippen molar-refractivity contribution in [3.63, 3.8) is 0 Å². The SMILES string of the molecule is Cc1cnc(NCCc2nc(-c3ccccc3)c(C)s2)nc1. The Labute approximate surface area is 134 Å². The zero-order chi connectivity index (χ0) is 15.4. The summed E-state index contributed by atoms with van der Waals surface area (Å²) in [6.45, 7) is 4.89. The van der Waals surface area contributed by atoms with Gasteiger partial charge in [0, 0.05) is 35.8 Å². The Morgan fingerprint density at radius 3 is 2.50 bits per heavy atom. The second-order valence-corrected chi connectivity index (χ2v) is 6.43. The van der Waals surface area contributed by atoms with Crippen LogP contribution in [0.4, 0.5) is 5.95 Å². The number of hydrogen-bond donors (Lipinski definition) is 1.